The zero-order valence-electron chi connectivity index (χ0n) is 15.8. The van der Waals surface area contributed by atoms with E-state index in [1.54, 1.807) is 12.1 Å². The zero-order chi connectivity index (χ0) is 20.8. The number of aryl methyl sites for hydroxylation is 2. The number of nitrogens with one attached hydrogen (secondary N) is 1. The Hall–Kier alpha value is -2.42. The number of carbonyl (C=O) groups is 1. The highest BCUT2D eigenvalue weighted by Crippen LogP contribution is 2.35. The molecule has 1 aliphatic rings. The molecule has 0 bridgehead atoms. The molecule has 0 unspecified atom stereocenters. The maximum atomic E-state index is 13.3. The normalized spacial score (nSPS) is 13.4. The Kier molecular flexibility index (Phi) is 5.10. The standard InChI is InChI=1S/C20H18ClN3O3S2/c1-12-13(2)28-20(22-12)23-19(25)15-7-8-16(21)18(11-15)29(26,27)24-10-9-14-5-3-4-6-17(14)24/h3-8,11H,9-10H2,1-2H3,(H,22,23,25). The molecule has 0 radical (unpaired) electrons. The SMILES string of the molecule is Cc1nc(NC(=O)c2ccc(Cl)c(S(=O)(=O)N3CCc4ccccc43)c2)sc1C. The molecule has 29 heavy (non-hydrogen) atoms. The van der Waals surface area contributed by atoms with Crippen molar-refractivity contribution in [2.75, 3.05) is 16.2 Å². The molecule has 4 rings (SSSR count). The van der Waals surface area contributed by atoms with Gasteiger partial charge in [-0.1, -0.05) is 29.8 Å². The van der Waals surface area contributed by atoms with Crippen LogP contribution in [0.3, 0.4) is 0 Å². The van der Waals surface area contributed by atoms with E-state index in [2.05, 4.69) is 10.3 Å². The second-order valence-corrected chi connectivity index (χ2v) is 10.2. The number of sulfonamides is 1. The Bertz CT molecular complexity index is 1200. The number of hydrogen-bond acceptors (Lipinski definition) is 5. The third-order valence-electron chi connectivity index (χ3n) is 4.85. The summed E-state index contributed by atoms with van der Waals surface area (Å²) in [7, 11) is -3.91. The van der Waals surface area contributed by atoms with Gasteiger partial charge in [0, 0.05) is 17.0 Å². The van der Waals surface area contributed by atoms with Crippen molar-refractivity contribution in [2.24, 2.45) is 0 Å². The van der Waals surface area contributed by atoms with Gasteiger partial charge in [-0.25, -0.2) is 13.4 Å². The number of carbonyl (C=O) groups excluding carboxylic acids is 1. The second-order valence-electron chi connectivity index (χ2n) is 6.72. The number of thiazole rings is 1. The summed E-state index contributed by atoms with van der Waals surface area (Å²) >= 11 is 7.59. The van der Waals surface area contributed by atoms with Crippen LogP contribution in [0, 0.1) is 13.8 Å². The molecular formula is C20H18ClN3O3S2. The van der Waals surface area contributed by atoms with E-state index < -0.39 is 15.9 Å². The number of nitrogens with zero attached hydrogens (tertiary/aromatic N) is 2. The van der Waals surface area contributed by atoms with E-state index in [9.17, 15) is 13.2 Å². The maximum absolute atomic E-state index is 13.3. The number of anilines is 2. The Balaban J connectivity index is 1.67. The fraction of sp³-hybridized carbons (Fsp3) is 0.200. The monoisotopic (exact) mass is 447 g/mol. The highest BCUT2D eigenvalue weighted by molar-refractivity contribution is 7.93. The van der Waals surface area contributed by atoms with Gasteiger partial charge in [0.05, 0.1) is 16.4 Å². The molecule has 0 saturated carbocycles. The Morgan fingerprint density at radius 2 is 1.97 bits per heavy atom. The van der Waals surface area contributed by atoms with Crippen LogP contribution in [0.4, 0.5) is 10.8 Å². The molecule has 1 aromatic heterocycles. The van der Waals surface area contributed by atoms with E-state index in [1.165, 1.54) is 33.8 Å². The van der Waals surface area contributed by atoms with Crippen LogP contribution in [0.2, 0.25) is 5.02 Å². The van der Waals surface area contributed by atoms with E-state index in [0.29, 0.717) is 23.8 Å². The molecule has 0 saturated heterocycles. The topological polar surface area (TPSA) is 79.4 Å². The van der Waals surface area contributed by atoms with Crippen LogP contribution in [0.25, 0.3) is 0 Å². The van der Waals surface area contributed by atoms with Crippen molar-refractivity contribution in [3.05, 3.63) is 69.2 Å². The van der Waals surface area contributed by atoms with Gasteiger partial charge in [0.1, 0.15) is 4.90 Å². The van der Waals surface area contributed by atoms with Gasteiger partial charge in [-0.15, -0.1) is 11.3 Å². The first-order valence-corrected chi connectivity index (χ1v) is 11.6. The molecule has 0 aliphatic carbocycles. The lowest BCUT2D eigenvalue weighted by atomic mass is 10.2. The van der Waals surface area contributed by atoms with Gasteiger partial charge in [0.15, 0.2) is 5.13 Å². The summed E-state index contributed by atoms with van der Waals surface area (Å²) in [6.07, 6.45) is 0.635. The molecular weight excluding hydrogens is 430 g/mol. The Morgan fingerprint density at radius 3 is 2.69 bits per heavy atom. The van der Waals surface area contributed by atoms with E-state index in [-0.39, 0.29) is 15.5 Å². The van der Waals surface area contributed by atoms with Gasteiger partial charge in [0.25, 0.3) is 15.9 Å². The van der Waals surface area contributed by atoms with Crippen molar-refractivity contribution in [1.82, 2.24) is 4.98 Å². The number of para-hydroxylation sites is 1. The number of amides is 1. The van der Waals surface area contributed by atoms with E-state index in [0.717, 1.165) is 16.1 Å². The summed E-state index contributed by atoms with van der Waals surface area (Å²) in [5.41, 5.74) is 2.66. The number of fused-ring (bicyclic) bond motifs is 1. The molecule has 0 spiro atoms. The molecule has 3 aromatic rings. The number of hydrogen-bond donors (Lipinski definition) is 1. The van der Waals surface area contributed by atoms with Crippen molar-refractivity contribution >= 4 is 49.7 Å². The van der Waals surface area contributed by atoms with Gasteiger partial charge in [-0.3, -0.25) is 14.4 Å². The van der Waals surface area contributed by atoms with Gasteiger partial charge in [-0.2, -0.15) is 0 Å². The third-order valence-corrected chi connectivity index (χ3v) is 8.14. The lowest BCUT2D eigenvalue weighted by Crippen LogP contribution is -2.29. The van der Waals surface area contributed by atoms with Crippen LogP contribution in [0.15, 0.2) is 47.4 Å². The van der Waals surface area contributed by atoms with Crippen LogP contribution in [-0.4, -0.2) is 25.9 Å². The van der Waals surface area contributed by atoms with Crippen LogP contribution in [-0.2, 0) is 16.4 Å². The van der Waals surface area contributed by atoms with Crippen molar-refractivity contribution in [2.45, 2.75) is 25.2 Å². The second kappa shape index (κ2) is 7.44. The molecule has 1 amide bonds. The maximum Gasteiger partial charge on any atom is 0.265 e. The minimum absolute atomic E-state index is 0.0758. The molecule has 1 N–H and O–H groups in total. The fourth-order valence-electron chi connectivity index (χ4n) is 3.21. The minimum Gasteiger partial charge on any atom is -0.298 e. The van der Waals surface area contributed by atoms with Crippen LogP contribution in [0.5, 0.6) is 0 Å². The molecule has 0 fully saturated rings. The largest absolute Gasteiger partial charge is 0.298 e. The van der Waals surface area contributed by atoms with Crippen molar-refractivity contribution in [3.63, 3.8) is 0 Å². The average Bonchev–Trinajstić information content (AvgIpc) is 3.25. The van der Waals surface area contributed by atoms with Gasteiger partial charge in [0.2, 0.25) is 0 Å². The van der Waals surface area contributed by atoms with Gasteiger partial charge >= 0.3 is 0 Å². The third kappa shape index (κ3) is 3.63. The van der Waals surface area contributed by atoms with E-state index >= 15 is 0 Å². The van der Waals surface area contributed by atoms with Crippen LogP contribution in [0.1, 0.15) is 26.5 Å². The number of aromatic nitrogens is 1. The van der Waals surface area contributed by atoms with Crippen LogP contribution < -0.4 is 9.62 Å². The summed E-state index contributed by atoms with van der Waals surface area (Å²) in [6.45, 7) is 4.12. The molecule has 6 nitrogen and oxygen atoms in total. The summed E-state index contributed by atoms with van der Waals surface area (Å²) in [5, 5.41) is 3.27. The Morgan fingerprint density at radius 1 is 1.21 bits per heavy atom. The molecule has 150 valence electrons. The summed E-state index contributed by atoms with van der Waals surface area (Å²) < 4.78 is 27.9. The lowest BCUT2D eigenvalue weighted by Gasteiger charge is -2.20. The number of halogens is 1. The molecule has 1 aliphatic heterocycles. The average molecular weight is 448 g/mol. The molecule has 2 heterocycles. The van der Waals surface area contributed by atoms with Crippen molar-refractivity contribution < 1.29 is 13.2 Å². The summed E-state index contributed by atoms with van der Waals surface area (Å²) in [6, 6.07) is 11.6. The first kappa shape index (κ1) is 19.9. The van der Waals surface area contributed by atoms with Crippen LogP contribution >= 0.6 is 22.9 Å². The highest BCUT2D eigenvalue weighted by atomic mass is 35.5. The van der Waals surface area contributed by atoms with E-state index in [1.807, 2.05) is 26.0 Å². The number of benzene rings is 2. The first-order valence-electron chi connectivity index (χ1n) is 8.93. The minimum atomic E-state index is -3.91. The summed E-state index contributed by atoms with van der Waals surface area (Å²) in [4.78, 5) is 17.9. The smallest absolute Gasteiger partial charge is 0.265 e. The fourth-order valence-corrected chi connectivity index (χ4v) is 6.03. The predicted molar refractivity (Wildman–Crippen MR) is 116 cm³/mol. The first-order chi connectivity index (χ1) is 13.8. The zero-order valence-corrected chi connectivity index (χ0v) is 18.2. The van der Waals surface area contributed by atoms with Gasteiger partial charge in [-0.05, 0) is 50.1 Å². The van der Waals surface area contributed by atoms with Crippen molar-refractivity contribution in [3.8, 4) is 0 Å². The highest BCUT2D eigenvalue weighted by Gasteiger charge is 2.32. The van der Waals surface area contributed by atoms with E-state index in [4.69, 9.17) is 11.6 Å². The van der Waals surface area contributed by atoms with Gasteiger partial charge < -0.3 is 0 Å². The summed E-state index contributed by atoms with van der Waals surface area (Å²) in [5.74, 6) is -0.436. The number of rotatable bonds is 4. The molecule has 2 aromatic carbocycles. The predicted octanol–water partition coefficient (Wildman–Crippen LogP) is 4.42. The molecule has 0 atom stereocenters. The quantitative estimate of drug-likeness (QED) is 0.642. The van der Waals surface area contributed by atoms with Crippen molar-refractivity contribution in [1.29, 1.82) is 0 Å². The lowest BCUT2D eigenvalue weighted by molar-refractivity contribution is 0.102. The molecule has 9 heteroatoms. The Labute approximate surface area is 178 Å².